The Balaban J connectivity index is 2.12. The fourth-order valence-electron chi connectivity index (χ4n) is 2.34. The summed E-state index contributed by atoms with van der Waals surface area (Å²) >= 11 is 0. The molecule has 0 radical (unpaired) electrons. The third-order valence-corrected chi connectivity index (χ3v) is 3.78. The number of esters is 1. The molecule has 19 heavy (non-hydrogen) atoms. The molecule has 0 unspecified atom stereocenters. The molecule has 2 atom stereocenters. The molecule has 0 N–H and O–H groups in total. The summed E-state index contributed by atoms with van der Waals surface area (Å²) in [4.78, 5) is 25.5. The van der Waals surface area contributed by atoms with Crippen molar-refractivity contribution in [3.8, 4) is 0 Å². The minimum atomic E-state index is -0.410. The molecule has 104 valence electrons. The highest BCUT2D eigenvalue weighted by atomic mass is 16.5. The first-order valence-corrected chi connectivity index (χ1v) is 6.45. The predicted octanol–water partition coefficient (Wildman–Crippen LogP) is 1.72. The Labute approximate surface area is 112 Å². The lowest BCUT2D eigenvalue weighted by Gasteiger charge is -2.15. The van der Waals surface area contributed by atoms with Gasteiger partial charge in [0.05, 0.1) is 18.9 Å². The summed E-state index contributed by atoms with van der Waals surface area (Å²) in [5.41, 5.74) is 0.465. The zero-order chi connectivity index (χ0) is 14.0. The number of ether oxygens (including phenoxy) is 1. The summed E-state index contributed by atoms with van der Waals surface area (Å²) in [6.45, 7) is 5.79. The summed E-state index contributed by atoms with van der Waals surface area (Å²) in [5.74, 6) is 0.903. The van der Waals surface area contributed by atoms with Crippen LogP contribution in [0.1, 0.15) is 30.0 Å². The second kappa shape index (κ2) is 5.47. The standard InChI is InChI=1S/C14H19NO4/c1-9-7-15(8-10(9)2)14(17)11-4-5-19-12(11)6-13(16)18-3/h4-5,9-10H,6-8H2,1-3H3/t9-,10-/m1/s1. The molecule has 1 amide bonds. The Bertz CT molecular complexity index is 470. The van der Waals surface area contributed by atoms with E-state index in [1.54, 1.807) is 6.07 Å². The Morgan fingerprint density at radius 3 is 2.58 bits per heavy atom. The normalized spacial score (nSPS) is 22.6. The number of amides is 1. The first-order valence-electron chi connectivity index (χ1n) is 6.45. The maximum absolute atomic E-state index is 12.4. The van der Waals surface area contributed by atoms with Gasteiger partial charge < -0.3 is 14.1 Å². The van der Waals surface area contributed by atoms with Crippen LogP contribution < -0.4 is 0 Å². The molecular weight excluding hydrogens is 246 g/mol. The molecule has 5 nitrogen and oxygen atoms in total. The van der Waals surface area contributed by atoms with Gasteiger partial charge in [-0.25, -0.2) is 0 Å². The van der Waals surface area contributed by atoms with Crippen LogP contribution in [-0.4, -0.2) is 37.0 Å². The van der Waals surface area contributed by atoms with Crippen LogP contribution in [0.3, 0.4) is 0 Å². The van der Waals surface area contributed by atoms with Gasteiger partial charge in [-0.15, -0.1) is 0 Å². The summed E-state index contributed by atoms with van der Waals surface area (Å²) in [6.07, 6.45) is 1.43. The van der Waals surface area contributed by atoms with Crippen LogP contribution in [0.15, 0.2) is 16.7 Å². The molecule has 0 aliphatic carbocycles. The third kappa shape index (κ3) is 2.80. The molecule has 1 aliphatic rings. The maximum Gasteiger partial charge on any atom is 0.313 e. The van der Waals surface area contributed by atoms with Crippen molar-refractivity contribution in [1.82, 2.24) is 4.90 Å². The van der Waals surface area contributed by atoms with Gasteiger partial charge in [0, 0.05) is 13.1 Å². The maximum atomic E-state index is 12.4. The Kier molecular flexibility index (Phi) is 3.93. The fourth-order valence-corrected chi connectivity index (χ4v) is 2.34. The molecule has 0 bridgehead atoms. The molecule has 1 fully saturated rings. The Hall–Kier alpha value is -1.78. The van der Waals surface area contributed by atoms with E-state index >= 15 is 0 Å². The first kappa shape index (κ1) is 13.6. The van der Waals surface area contributed by atoms with Crippen LogP contribution in [0.4, 0.5) is 0 Å². The van der Waals surface area contributed by atoms with Gasteiger partial charge in [-0.1, -0.05) is 13.8 Å². The second-order valence-electron chi connectivity index (χ2n) is 5.18. The minimum Gasteiger partial charge on any atom is -0.469 e. The van der Waals surface area contributed by atoms with Crippen molar-refractivity contribution in [2.24, 2.45) is 11.8 Å². The SMILES string of the molecule is COC(=O)Cc1occc1C(=O)N1C[C@@H](C)[C@H](C)C1. The van der Waals surface area contributed by atoms with Crippen molar-refractivity contribution in [3.05, 3.63) is 23.7 Å². The molecule has 1 aromatic heterocycles. The van der Waals surface area contributed by atoms with Crippen LogP contribution >= 0.6 is 0 Å². The monoisotopic (exact) mass is 265 g/mol. The molecule has 1 aliphatic heterocycles. The van der Waals surface area contributed by atoms with Gasteiger partial charge in [-0.05, 0) is 17.9 Å². The molecule has 0 aromatic carbocycles. The zero-order valence-electron chi connectivity index (χ0n) is 11.5. The van der Waals surface area contributed by atoms with E-state index in [2.05, 4.69) is 18.6 Å². The van der Waals surface area contributed by atoms with E-state index in [0.717, 1.165) is 13.1 Å². The number of hydrogen-bond donors (Lipinski definition) is 0. The average molecular weight is 265 g/mol. The Morgan fingerprint density at radius 2 is 2.00 bits per heavy atom. The van der Waals surface area contributed by atoms with Gasteiger partial charge in [0.2, 0.25) is 0 Å². The summed E-state index contributed by atoms with van der Waals surface area (Å²) in [7, 11) is 1.32. The number of furan rings is 1. The molecule has 0 spiro atoms. The first-order chi connectivity index (χ1) is 9.02. The lowest BCUT2D eigenvalue weighted by atomic mass is 10.0. The summed E-state index contributed by atoms with van der Waals surface area (Å²) in [6, 6.07) is 1.62. The average Bonchev–Trinajstić information content (AvgIpc) is 2.96. The number of methoxy groups -OCH3 is 1. The van der Waals surface area contributed by atoms with Gasteiger partial charge in [0.25, 0.3) is 5.91 Å². The van der Waals surface area contributed by atoms with E-state index in [0.29, 0.717) is 23.2 Å². The van der Waals surface area contributed by atoms with E-state index in [1.807, 2.05) is 4.90 Å². The Morgan fingerprint density at radius 1 is 1.37 bits per heavy atom. The highest BCUT2D eigenvalue weighted by Gasteiger charge is 2.31. The van der Waals surface area contributed by atoms with Crippen molar-refractivity contribution in [1.29, 1.82) is 0 Å². The van der Waals surface area contributed by atoms with Gasteiger partial charge in [0.1, 0.15) is 12.2 Å². The van der Waals surface area contributed by atoms with Gasteiger partial charge in [-0.2, -0.15) is 0 Å². The largest absolute Gasteiger partial charge is 0.469 e. The van der Waals surface area contributed by atoms with E-state index in [1.165, 1.54) is 13.4 Å². The van der Waals surface area contributed by atoms with Crippen LogP contribution in [0.2, 0.25) is 0 Å². The number of nitrogens with zero attached hydrogens (tertiary/aromatic N) is 1. The van der Waals surface area contributed by atoms with E-state index in [-0.39, 0.29) is 12.3 Å². The van der Waals surface area contributed by atoms with E-state index in [9.17, 15) is 9.59 Å². The van der Waals surface area contributed by atoms with Gasteiger partial charge >= 0.3 is 5.97 Å². The number of rotatable bonds is 3. The fraction of sp³-hybridized carbons (Fsp3) is 0.571. The molecule has 5 heteroatoms. The van der Waals surface area contributed by atoms with Crippen LogP contribution in [0.5, 0.6) is 0 Å². The molecule has 1 aromatic rings. The van der Waals surface area contributed by atoms with Gasteiger partial charge in [-0.3, -0.25) is 9.59 Å². The molecule has 2 rings (SSSR count). The quantitative estimate of drug-likeness (QED) is 0.781. The lowest BCUT2D eigenvalue weighted by molar-refractivity contribution is -0.140. The zero-order valence-corrected chi connectivity index (χ0v) is 11.5. The molecule has 2 heterocycles. The highest BCUT2D eigenvalue weighted by molar-refractivity contribution is 5.96. The van der Waals surface area contributed by atoms with Crippen LogP contribution in [-0.2, 0) is 16.0 Å². The van der Waals surface area contributed by atoms with Crippen LogP contribution in [0, 0.1) is 11.8 Å². The van der Waals surface area contributed by atoms with Crippen molar-refractivity contribution in [3.63, 3.8) is 0 Å². The summed E-state index contributed by atoms with van der Waals surface area (Å²) < 4.78 is 9.82. The summed E-state index contributed by atoms with van der Waals surface area (Å²) in [5, 5.41) is 0. The van der Waals surface area contributed by atoms with Gasteiger partial charge in [0.15, 0.2) is 0 Å². The number of carbonyl (C=O) groups is 2. The molecular formula is C14H19NO4. The lowest BCUT2D eigenvalue weighted by Crippen LogP contribution is -2.29. The number of carbonyl (C=O) groups excluding carboxylic acids is 2. The van der Waals surface area contributed by atoms with Crippen LogP contribution in [0.25, 0.3) is 0 Å². The second-order valence-corrected chi connectivity index (χ2v) is 5.18. The number of likely N-dealkylation sites (tertiary alicyclic amines) is 1. The van der Waals surface area contributed by atoms with E-state index < -0.39 is 5.97 Å². The highest BCUT2D eigenvalue weighted by Crippen LogP contribution is 2.25. The van der Waals surface area contributed by atoms with Crippen molar-refractivity contribution in [2.45, 2.75) is 20.3 Å². The number of hydrogen-bond acceptors (Lipinski definition) is 4. The molecule has 0 saturated carbocycles. The minimum absolute atomic E-state index is 0.0104. The van der Waals surface area contributed by atoms with Crippen molar-refractivity contribution < 1.29 is 18.7 Å². The topological polar surface area (TPSA) is 59.8 Å². The molecule has 1 saturated heterocycles. The van der Waals surface area contributed by atoms with Crippen molar-refractivity contribution in [2.75, 3.05) is 20.2 Å². The smallest absolute Gasteiger partial charge is 0.313 e. The predicted molar refractivity (Wildman–Crippen MR) is 68.7 cm³/mol. The third-order valence-electron chi connectivity index (χ3n) is 3.78. The van der Waals surface area contributed by atoms with E-state index in [4.69, 9.17) is 4.42 Å². The van der Waals surface area contributed by atoms with Crippen molar-refractivity contribution >= 4 is 11.9 Å².